The highest BCUT2D eigenvalue weighted by Crippen LogP contribution is 2.25. The van der Waals surface area contributed by atoms with Crippen LogP contribution in [0.25, 0.3) is 0 Å². The average Bonchev–Trinajstić information content (AvgIpc) is 2.48. The molecule has 0 aliphatic carbocycles. The summed E-state index contributed by atoms with van der Waals surface area (Å²) in [5.74, 6) is 0.928. The maximum absolute atomic E-state index is 6.08. The summed E-state index contributed by atoms with van der Waals surface area (Å²) in [6.07, 6.45) is 0.102. The molecule has 1 unspecified atom stereocenters. The van der Waals surface area contributed by atoms with Crippen LogP contribution in [0, 0.1) is 0 Å². The topological polar surface area (TPSA) is 40.2 Å². The monoisotopic (exact) mass is 323 g/mol. The summed E-state index contributed by atoms with van der Waals surface area (Å²) >= 11 is 0. The molecule has 130 valence electrons. The maximum atomic E-state index is 6.08. The third-order valence-electron chi connectivity index (χ3n) is 3.82. The predicted octanol–water partition coefficient (Wildman–Crippen LogP) is 2.34. The fraction of sp³-hybridized carbons (Fsp3) is 0.667. The van der Waals surface area contributed by atoms with E-state index in [0.29, 0.717) is 19.8 Å². The van der Waals surface area contributed by atoms with Gasteiger partial charge >= 0.3 is 0 Å². The van der Waals surface area contributed by atoms with Crippen molar-refractivity contribution in [2.24, 2.45) is 0 Å². The number of ether oxygens (including phenoxy) is 4. The SMILES string of the molecule is COCCOc1ccccc1CN1CC(COC)OC(C)(C)C1. The first kappa shape index (κ1) is 18.2. The van der Waals surface area contributed by atoms with Crippen LogP contribution in [-0.2, 0) is 20.8 Å². The van der Waals surface area contributed by atoms with Crippen LogP contribution in [0.4, 0.5) is 0 Å². The molecule has 2 rings (SSSR count). The second-order valence-electron chi connectivity index (χ2n) is 6.57. The lowest BCUT2D eigenvalue weighted by atomic mass is 10.0. The van der Waals surface area contributed by atoms with Crippen LogP contribution in [0.5, 0.6) is 5.75 Å². The molecule has 5 nitrogen and oxygen atoms in total. The molecule has 0 N–H and O–H groups in total. The van der Waals surface area contributed by atoms with Crippen LogP contribution in [0.2, 0.25) is 0 Å². The molecule has 23 heavy (non-hydrogen) atoms. The van der Waals surface area contributed by atoms with Gasteiger partial charge in [-0.3, -0.25) is 4.90 Å². The van der Waals surface area contributed by atoms with Gasteiger partial charge in [-0.2, -0.15) is 0 Å². The fourth-order valence-corrected chi connectivity index (χ4v) is 3.06. The second-order valence-corrected chi connectivity index (χ2v) is 6.57. The summed E-state index contributed by atoms with van der Waals surface area (Å²) in [5, 5.41) is 0. The molecule has 1 aliphatic rings. The predicted molar refractivity (Wildman–Crippen MR) is 89.9 cm³/mol. The lowest BCUT2D eigenvalue weighted by Crippen LogP contribution is -2.53. The van der Waals surface area contributed by atoms with E-state index >= 15 is 0 Å². The van der Waals surface area contributed by atoms with Gasteiger partial charge in [0.2, 0.25) is 0 Å². The van der Waals surface area contributed by atoms with Crippen LogP contribution < -0.4 is 4.74 Å². The molecular formula is C18H29NO4. The number of hydrogen-bond acceptors (Lipinski definition) is 5. The largest absolute Gasteiger partial charge is 0.491 e. The Kier molecular flexibility index (Phi) is 6.84. The van der Waals surface area contributed by atoms with E-state index in [-0.39, 0.29) is 11.7 Å². The highest BCUT2D eigenvalue weighted by Gasteiger charge is 2.33. The summed E-state index contributed by atoms with van der Waals surface area (Å²) in [6, 6.07) is 8.19. The van der Waals surface area contributed by atoms with Gasteiger partial charge in [0.1, 0.15) is 12.4 Å². The third kappa shape index (κ3) is 5.77. The van der Waals surface area contributed by atoms with Crippen LogP contribution in [0.15, 0.2) is 24.3 Å². The van der Waals surface area contributed by atoms with Gasteiger partial charge in [-0.05, 0) is 19.9 Å². The van der Waals surface area contributed by atoms with Crippen molar-refractivity contribution in [2.75, 3.05) is 47.1 Å². The van der Waals surface area contributed by atoms with E-state index in [2.05, 4.69) is 30.9 Å². The zero-order valence-corrected chi connectivity index (χ0v) is 14.7. The molecule has 0 saturated carbocycles. The minimum atomic E-state index is -0.173. The molecule has 5 heteroatoms. The van der Waals surface area contributed by atoms with Crippen molar-refractivity contribution in [1.82, 2.24) is 4.90 Å². The number of para-hydroxylation sites is 1. The van der Waals surface area contributed by atoms with E-state index in [1.54, 1.807) is 14.2 Å². The molecule has 1 heterocycles. The molecule has 1 saturated heterocycles. The van der Waals surface area contributed by atoms with Gasteiger partial charge in [0, 0.05) is 39.4 Å². The van der Waals surface area contributed by atoms with Crippen LogP contribution in [0.3, 0.4) is 0 Å². The molecule has 0 bridgehead atoms. The van der Waals surface area contributed by atoms with Gasteiger partial charge in [0.25, 0.3) is 0 Å². The Hall–Kier alpha value is -1.14. The molecule has 1 fully saturated rings. The lowest BCUT2D eigenvalue weighted by Gasteiger charge is -2.42. The van der Waals surface area contributed by atoms with Gasteiger partial charge in [-0.15, -0.1) is 0 Å². The second kappa shape index (κ2) is 8.64. The normalized spacial score (nSPS) is 21.3. The Balaban J connectivity index is 2.02. The molecule has 1 aromatic carbocycles. The molecule has 0 aromatic heterocycles. The number of hydrogen-bond donors (Lipinski definition) is 0. The van der Waals surface area contributed by atoms with E-state index in [1.165, 1.54) is 5.56 Å². The van der Waals surface area contributed by atoms with Crippen molar-refractivity contribution in [3.63, 3.8) is 0 Å². The first-order valence-electron chi connectivity index (χ1n) is 8.13. The molecule has 0 amide bonds. The molecule has 0 radical (unpaired) electrons. The Labute approximate surface area is 139 Å². The van der Waals surface area contributed by atoms with Gasteiger partial charge in [-0.25, -0.2) is 0 Å². The Morgan fingerprint density at radius 3 is 2.70 bits per heavy atom. The zero-order valence-electron chi connectivity index (χ0n) is 14.7. The van der Waals surface area contributed by atoms with Crippen molar-refractivity contribution in [1.29, 1.82) is 0 Å². The first-order valence-corrected chi connectivity index (χ1v) is 8.13. The Morgan fingerprint density at radius 1 is 1.17 bits per heavy atom. The van der Waals surface area contributed by atoms with E-state index in [1.807, 2.05) is 12.1 Å². The fourth-order valence-electron chi connectivity index (χ4n) is 3.06. The zero-order chi connectivity index (χ0) is 16.7. The van der Waals surface area contributed by atoms with Gasteiger partial charge < -0.3 is 18.9 Å². The van der Waals surface area contributed by atoms with Crippen molar-refractivity contribution in [3.8, 4) is 5.75 Å². The van der Waals surface area contributed by atoms with Gasteiger partial charge in [-0.1, -0.05) is 18.2 Å². The summed E-state index contributed by atoms with van der Waals surface area (Å²) in [4.78, 5) is 2.41. The standard InChI is InChI=1S/C18H29NO4/c1-18(2)14-19(12-16(23-18)13-21-4)11-15-7-5-6-8-17(15)22-10-9-20-3/h5-8,16H,9-14H2,1-4H3. The smallest absolute Gasteiger partial charge is 0.123 e. The number of benzene rings is 1. The minimum Gasteiger partial charge on any atom is -0.491 e. The molecule has 0 spiro atoms. The van der Waals surface area contributed by atoms with Crippen LogP contribution in [0.1, 0.15) is 19.4 Å². The van der Waals surface area contributed by atoms with E-state index in [9.17, 15) is 0 Å². The third-order valence-corrected chi connectivity index (χ3v) is 3.82. The number of rotatable bonds is 8. The van der Waals surface area contributed by atoms with Crippen molar-refractivity contribution < 1.29 is 18.9 Å². The summed E-state index contributed by atoms with van der Waals surface area (Å²) in [6.45, 7) is 8.63. The maximum Gasteiger partial charge on any atom is 0.123 e. The van der Waals surface area contributed by atoms with Gasteiger partial charge in [0.05, 0.1) is 24.9 Å². The first-order chi connectivity index (χ1) is 11.0. The van der Waals surface area contributed by atoms with E-state index < -0.39 is 0 Å². The average molecular weight is 323 g/mol. The van der Waals surface area contributed by atoms with Crippen molar-refractivity contribution >= 4 is 0 Å². The van der Waals surface area contributed by atoms with Crippen LogP contribution >= 0.6 is 0 Å². The van der Waals surface area contributed by atoms with Crippen molar-refractivity contribution in [2.45, 2.75) is 32.1 Å². The van der Waals surface area contributed by atoms with Gasteiger partial charge in [0.15, 0.2) is 0 Å². The summed E-state index contributed by atoms with van der Waals surface area (Å²) in [5.41, 5.74) is 1.02. The summed E-state index contributed by atoms with van der Waals surface area (Å²) in [7, 11) is 3.40. The molecule has 1 aliphatic heterocycles. The minimum absolute atomic E-state index is 0.102. The van der Waals surface area contributed by atoms with Crippen molar-refractivity contribution in [3.05, 3.63) is 29.8 Å². The highest BCUT2D eigenvalue weighted by molar-refractivity contribution is 5.33. The van der Waals surface area contributed by atoms with Crippen LogP contribution in [-0.4, -0.2) is 63.7 Å². The quantitative estimate of drug-likeness (QED) is 0.687. The lowest BCUT2D eigenvalue weighted by molar-refractivity contribution is -0.154. The number of nitrogens with zero attached hydrogens (tertiary/aromatic N) is 1. The molecule has 1 aromatic rings. The molecule has 1 atom stereocenters. The van der Waals surface area contributed by atoms with E-state index in [4.69, 9.17) is 18.9 Å². The number of methoxy groups -OCH3 is 2. The Morgan fingerprint density at radius 2 is 1.96 bits per heavy atom. The van der Waals surface area contributed by atoms with E-state index in [0.717, 1.165) is 25.4 Å². The molecular weight excluding hydrogens is 294 g/mol. The number of morpholine rings is 1. The summed E-state index contributed by atoms with van der Waals surface area (Å²) < 4.78 is 22.2. The Bertz CT molecular complexity index is 478. The highest BCUT2D eigenvalue weighted by atomic mass is 16.5.